The molecule has 23 heavy (non-hydrogen) atoms. The van der Waals surface area contributed by atoms with Crippen LogP contribution >= 0.6 is 15.9 Å². The maximum Gasteiger partial charge on any atom is 0.408 e. The number of amides is 1. The van der Waals surface area contributed by atoms with Crippen LogP contribution in [0.1, 0.15) is 32.8 Å². The molecule has 5 nitrogen and oxygen atoms in total. The van der Waals surface area contributed by atoms with Gasteiger partial charge in [0.25, 0.3) is 0 Å². The molecule has 1 unspecified atom stereocenters. The summed E-state index contributed by atoms with van der Waals surface area (Å²) >= 11 is 3.28. The molecule has 1 atom stereocenters. The molecule has 0 aliphatic heterocycles. The number of hydrogen-bond donors (Lipinski definition) is 1. The standard InChI is InChI=1S/C17H24BrNO4/c1-17(2,3)23-16(21)19-14(15(20)22-11-7-10-18)12-13-8-5-4-6-9-13/h4-6,8-9,14H,7,10-12H2,1-3H3,(H,19,21). The molecule has 1 aromatic carbocycles. The highest BCUT2D eigenvalue weighted by molar-refractivity contribution is 9.09. The molecule has 0 heterocycles. The van der Waals surface area contributed by atoms with Gasteiger partial charge < -0.3 is 14.8 Å². The number of ether oxygens (including phenoxy) is 2. The maximum atomic E-state index is 12.2. The summed E-state index contributed by atoms with van der Waals surface area (Å²) in [5.41, 5.74) is 0.312. The molecule has 1 aromatic rings. The van der Waals surface area contributed by atoms with Gasteiger partial charge in [0, 0.05) is 11.8 Å². The van der Waals surface area contributed by atoms with Crippen molar-refractivity contribution in [3.63, 3.8) is 0 Å². The van der Waals surface area contributed by atoms with Crippen molar-refractivity contribution in [2.45, 2.75) is 45.3 Å². The van der Waals surface area contributed by atoms with E-state index in [1.165, 1.54) is 0 Å². The maximum absolute atomic E-state index is 12.2. The van der Waals surface area contributed by atoms with Gasteiger partial charge in [-0.2, -0.15) is 0 Å². The Hall–Kier alpha value is -1.56. The molecule has 1 rings (SSSR count). The molecule has 0 saturated carbocycles. The third-order valence-corrected chi connectivity index (χ3v) is 3.34. The molecule has 1 amide bonds. The molecule has 0 aliphatic carbocycles. The smallest absolute Gasteiger partial charge is 0.408 e. The van der Waals surface area contributed by atoms with Crippen LogP contribution in [0.5, 0.6) is 0 Å². The number of benzene rings is 1. The van der Waals surface area contributed by atoms with Gasteiger partial charge in [-0.25, -0.2) is 9.59 Å². The second-order valence-corrected chi connectivity index (χ2v) is 6.89. The number of rotatable bonds is 7. The van der Waals surface area contributed by atoms with E-state index in [1.54, 1.807) is 20.8 Å². The van der Waals surface area contributed by atoms with Crippen molar-refractivity contribution in [2.75, 3.05) is 11.9 Å². The molecule has 0 aromatic heterocycles. The number of hydrogen-bond acceptors (Lipinski definition) is 4. The van der Waals surface area contributed by atoms with E-state index in [-0.39, 0.29) is 0 Å². The molecule has 128 valence electrons. The number of carbonyl (C=O) groups excluding carboxylic acids is 2. The Morgan fingerprint density at radius 2 is 1.87 bits per heavy atom. The lowest BCUT2D eigenvalue weighted by atomic mass is 10.1. The van der Waals surface area contributed by atoms with Crippen molar-refractivity contribution in [2.24, 2.45) is 0 Å². The van der Waals surface area contributed by atoms with Crippen LogP contribution in [0.4, 0.5) is 4.79 Å². The van der Waals surface area contributed by atoms with Crippen molar-refractivity contribution in [1.82, 2.24) is 5.32 Å². The molecule has 0 bridgehead atoms. The molecule has 0 radical (unpaired) electrons. The van der Waals surface area contributed by atoms with Gasteiger partial charge in [0.05, 0.1) is 6.61 Å². The topological polar surface area (TPSA) is 64.6 Å². The second kappa shape index (κ2) is 9.55. The zero-order chi connectivity index (χ0) is 17.3. The Morgan fingerprint density at radius 1 is 1.22 bits per heavy atom. The summed E-state index contributed by atoms with van der Waals surface area (Å²) in [7, 11) is 0. The summed E-state index contributed by atoms with van der Waals surface area (Å²) in [4.78, 5) is 24.2. The van der Waals surface area contributed by atoms with Crippen molar-refractivity contribution in [1.29, 1.82) is 0 Å². The van der Waals surface area contributed by atoms with Crippen LogP contribution in [0.15, 0.2) is 30.3 Å². The first-order valence-corrected chi connectivity index (χ1v) is 8.70. The lowest BCUT2D eigenvalue weighted by molar-refractivity contribution is -0.146. The lowest BCUT2D eigenvalue weighted by Gasteiger charge is -2.23. The summed E-state index contributed by atoms with van der Waals surface area (Å²) in [6.07, 6.45) is 0.444. The summed E-state index contributed by atoms with van der Waals surface area (Å²) in [5.74, 6) is -0.458. The fourth-order valence-corrected chi connectivity index (χ4v) is 2.05. The van der Waals surface area contributed by atoms with Crippen LogP contribution in [-0.4, -0.2) is 35.6 Å². The number of alkyl halides is 1. The van der Waals surface area contributed by atoms with Crippen LogP contribution in [-0.2, 0) is 20.7 Å². The van der Waals surface area contributed by atoms with Gasteiger partial charge in [0.15, 0.2) is 0 Å². The van der Waals surface area contributed by atoms with Gasteiger partial charge in [-0.3, -0.25) is 0 Å². The number of nitrogens with one attached hydrogen (secondary N) is 1. The van der Waals surface area contributed by atoms with Crippen molar-refractivity contribution in [3.8, 4) is 0 Å². The minimum absolute atomic E-state index is 0.311. The molecule has 0 aliphatic rings. The largest absolute Gasteiger partial charge is 0.464 e. The summed E-state index contributed by atoms with van der Waals surface area (Å²) < 4.78 is 10.4. The number of esters is 1. The first kappa shape index (κ1) is 19.5. The van der Waals surface area contributed by atoms with Crippen LogP contribution in [0.25, 0.3) is 0 Å². The summed E-state index contributed by atoms with van der Waals surface area (Å²) in [5, 5.41) is 3.35. The van der Waals surface area contributed by atoms with Crippen molar-refractivity contribution in [3.05, 3.63) is 35.9 Å². The average Bonchev–Trinajstić information content (AvgIpc) is 2.46. The fourth-order valence-electron chi connectivity index (χ4n) is 1.82. The van der Waals surface area contributed by atoms with E-state index in [2.05, 4.69) is 21.2 Å². The zero-order valence-corrected chi connectivity index (χ0v) is 15.4. The highest BCUT2D eigenvalue weighted by Gasteiger charge is 2.25. The number of carbonyl (C=O) groups is 2. The van der Waals surface area contributed by atoms with Gasteiger partial charge >= 0.3 is 12.1 Å². The van der Waals surface area contributed by atoms with Crippen molar-refractivity contribution < 1.29 is 19.1 Å². The van der Waals surface area contributed by atoms with E-state index in [1.807, 2.05) is 30.3 Å². The Labute approximate surface area is 145 Å². The predicted molar refractivity (Wildman–Crippen MR) is 92.7 cm³/mol. The quantitative estimate of drug-likeness (QED) is 0.443. The number of halogens is 1. The van der Waals surface area contributed by atoms with Crippen molar-refractivity contribution >= 4 is 28.0 Å². The third kappa shape index (κ3) is 8.59. The van der Waals surface area contributed by atoms with Crippen LogP contribution in [0.2, 0.25) is 0 Å². The predicted octanol–water partition coefficient (Wildman–Crippen LogP) is 3.45. The Balaban J connectivity index is 2.71. The van der Waals surface area contributed by atoms with Gasteiger partial charge in [-0.1, -0.05) is 46.3 Å². The Bertz CT molecular complexity index is 499. The Morgan fingerprint density at radius 3 is 2.43 bits per heavy atom. The molecule has 0 spiro atoms. The van der Waals surface area contributed by atoms with Gasteiger partial charge in [0.2, 0.25) is 0 Å². The van der Waals surface area contributed by atoms with Gasteiger partial charge in [-0.05, 0) is 32.8 Å². The van der Waals surface area contributed by atoms with E-state index in [0.717, 1.165) is 17.3 Å². The normalized spacial score (nSPS) is 12.3. The Kier molecular flexibility index (Phi) is 8.09. The molecular weight excluding hydrogens is 362 g/mol. The van der Waals surface area contributed by atoms with E-state index >= 15 is 0 Å². The van der Waals surface area contributed by atoms with E-state index < -0.39 is 23.7 Å². The first-order valence-electron chi connectivity index (χ1n) is 7.58. The minimum Gasteiger partial charge on any atom is -0.464 e. The highest BCUT2D eigenvalue weighted by Crippen LogP contribution is 2.09. The van der Waals surface area contributed by atoms with E-state index in [4.69, 9.17) is 9.47 Å². The zero-order valence-electron chi connectivity index (χ0n) is 13.8. The average molecular weight is 386 g/mol. The SMILES string of the molecule is CC(C)(C)OC(=O)NC(Cc1ccccc1)C(=O)OCCCBr. The highest BCUT2D eigenvalue weighted by atomic mass is 79.9. The molecular formula is C17H24BrNO4. The van der Waals surface area contributed by atoms with Crippen LogP contribution < -0.4 is 5.32 Å². The third-order valence-electron chi connectivity index (χ3n) is 2.78. The van der Waals surface area contributed by atoms with E-state index in [9.17, 15) is 9.59 Å². The number of alkyl carbamates (subject to hydrolysis) is 1. The lowest BCUT2D eigenvalue weighted by Crippen LogP contribution is -2.45. The van der Waals surface area contributed by atoms with Gasteiger partial charge in [-0.15, -0.1) is 0 Å². The molecule has 6 heteroatoms. The monoisotopic (exact) mass is 385 g/mol. The summed E-state index contributed by atoms with van der Waals surface area (Å²) in [6.45, 7) is 5.62. The second-order valence-electron chi connectivity index (χ2n) is 6.10. The molecule has 1 N–H and O–H groups in total. The van der Waals surface area contributed by atoms with Gasteiger partial charge in [0.1, 0.15) is 11.6 Å². The molecule has 0 fully saturated rings. The summed E-state index contributed by atoms with van der Waals surface area (Å²) in [6, 6.07) is 8.69. The fraction of sp³-hybridized carbons (Fsp3) is 0.529. The van der Waals surface area contributed by atoms with Crippen LogP contribution in [0.3, 0.4) is 0 Å². The van der Waals surface area contributed by atoms with Crippen LogP contribution in [0, 0.1) is 0 Å². The minimum atomic E-state index is -0.775. The molecule has 0 saturated heterocycles. The van der Waals surface area contributed by atoms with E-state index in [0.29, 0.717) is 13.0 Å². The first-order chi connectivity index (χ1) is 10.8.